The smallest absolute Gasteiger partial charge is 0.338 e. The van der Waals surface area contributed by atoms with E-state index in [0.29, 0.717) is 17.9 Å². The van der Waals surface area contributed by atoms with Crippen molar-refractivity contribution in [3.05, 3.63) is 54.1 Å². The second-order valence-electron chi connectivity index (χ2n) is 4.00. The van der Waals surface area contributed by atoms with Crippen LogP contribution in [-0.2, 0) is 4.74 Å². The van der Waals surface area contributed by atoms with Gasteiger partial charge in [0, 0.05) is 5.56 Å². The molecule has 3 nitrogen and oxygen atoms in total. The molecular formula is C16H16O3. The maximum atomic E-state index is 11.7. The van der Waals surface area contributed by atoms with Gasteiger partial charge in [0.2, 0.25) is 0 Å². The van der Waals surface area contributed by atoms with E-state index in [1.54, 1.807) is 26.2 Å². The number of esters is 1. The Bertz CT molecular complexity index is 561. The van der Waals surface area contributed by atoms with E-state index in [0.717, 1.165) is 11.1 Å². The van der Waals surface area contributed by atoms with Crippen LogP contribution in [0.25, 0.3) is 11.1 Å². The summed E-state index contributed by atoms with van der Waals surface area (Å²) in [4.78, 5) is 11.7. The van der Waals surface area contributed by atoms with Gasteiger partial charge in [0.25, 0.3) is 0 Å². The summed E-state index contributed by atoms with van der Waals surface area (Å²) in [6, 6.07) is 15.2. The van der Waals surface area contributed by atoms with Crippen LogP contribution in [-0.4, -0.2) is 19.7 Å². The minimum atomic E-state index is -0.333. The minimum Gasteiger partial charge on any atom is -0.496 e. The lowest BCUT2D eigenvalue weighted by molar-refractivity contribution is 0.0526. The Morgan fingerprint density at radius 2 is 1.84 bits per heavy atom. The number of hydrogen-bond acceptors (Lipinski definition) is 3. The van der Waals surface area contributed by atoms with E-state index in [-0.39, 0.29) is 5.97 Å². The van der Waals surface area contributed by atoms with Crippen molar-refractivity contribution in [2.24, 2.45) is 0 Å². The molecule has 0 bridgehead atoms. The number of carbonyl (C=O) groups excluding carboxylic acids is 1. The molecule has 2 aromatic rings. The molecule has 0 saturated carbocycles. The third kappa shape index (κ3) is 2.94. The molecule has 0 radical (unpaired) electrons. The summed E-state index contributed by atoms with van der Waals surface area (Å²) in [5.41, 5.74) is 2.50. The third-order valence-corrected chi connectivity index (χ3v) is 2.80. The molecule has 0 aromatic heterocycles. The molecule has 2 rings (SSSR count). The predicted octanol–water partition coefficient (Wildman–Crippen LogP) is 3.54. The Morgan fingerprint density at radius 1 is 1.11 bits per heavy atom. The highest BCUT2D eigenvalue weighted by molar-refractivity contribution is 5.91. The first-order valence-corrected chi connectivity index (χ1v) is 6.17. The summed E-state index contributed by atoms with van der Waals surface area (Å²) in [6.07, 6.45) is 0. The zero-order valence-corrected chi connectivity index (χ0v) is 11.1. The maximum absolute atomic E-state index is 11.7. The molecule has 0 aliphatic heterocycles. The summed E-state index contributed by atoms with van der Waals surface area (Å²) < 4.78 is 10.3. The normalized spacial score (nSPS) is 10.0. The van der Waals surface area contributed by atoms with Gasteiger partial charge in [-0.15, -0.1) is 0 Å². The Balaban J connectivity index is 2.40. The van der Waals surface area contributed by atoms with E-state index in [1.165, 1.54) is 0 Å². The molecule has 0 fully saturated rings. The Kier molecular flexibility index (Phi) is 4.18. The molecule has 0 N–H and O–H groups in total. The first-order valence-electron chi connectivity index (χ1n) is 6.17. The molecule has 0 heterocycles. The molecule has 19 heavy (non-hydrogen) atoms. The highest BCUT2D eigenvalue weighted by Gasteiger charge is 2.11. The van der Waals surface area contributed by atoms with E-state index >= 15 is 0 Å². The highest BCUT2D eigenvalue weighted by Crippen LogP contribution is 2.30. The van der Waals surface area contributed by atoms with Crippen LogP contribution in [0.3, 0.4) is 0 Å². The molecule has 0 aliphatic carbocycles. The lowest BCUT2D eigenvalue weighted by atomic mass is 10.0. The zero-order valence-electron chi connectivity index (χ0n) is 11.1. The molecule has 3 heteroatoms. The van der Waals surface area contributed by atoms with E-state index < -0.39 is 0 Å². The number of hydrogen-bond donors (Lipinski definition) is 0. The van der Waals surface area contributed by atoms with Crippen LogP contribution in [0.15, 0.2) is 48.5 Å². The lowest BCUT2D eigenvalue weighted by Gasteiger charge is -2.10. The van der Waals surface area contributed by atoms with Crippen molar-refractivity contribution >= 4 is 5.97 Å². The van der Waals surface area contributed by atoms with Gasteiger partial charge in [-0.25, -0.2) is 4.79 Å². The van der Waals surface area contributed by atoms with Gasteiger partial charge in [-0.3, -0.25) is 0 Å². The van der Waals surface area contributed by atoms with Crippen LogP contribution in [0.4, 0.5) is 0 Å². The lowest BCUT2D eigenvalue weighted by Crippen LogP contribution is -2.05. The van der Waals surface area contributed by atoms with Gasteiger partial charge in [-0.05, 0) is 30.7 Å². The third-order valence-electron chi connectivity index (χ3n) is 2.80. The number of carbonyl (C=O) groups is 1. The summed E-state index contributed by atoms with van der Waals surface area (Å²) in [5.74, 6) is 0.331. The van der Waals surface area contributed by atoms with Gasteiger partial charge < -0.3 is 9.47 Å². The van der Waals surface area contributed by atoms with E-state index in [1.807, 2.05) is 36.4 Å². The number of benzene rings is 2. The highest BCUT2D eigenvalue weighted by atomic mass is 16.5. The fourth-order valence-corrected chi connectivity index (χ4v) is 1.89. The fraction of sp³-hybridized carbons (Fsp3) is 0.188. The first-order chi connectivity index (χ1) is 9.26. The largest absolute Gasteiger partial charge is 0.496 e. The van der Waals surface area contributed by atoms with Crippen LogP contribution >= 0.6 is 0 Å². The summed E-state index contributed by atoms with van der Waals surface area (Å²) >= 11 is 0. The number of rotatable bonds is 4. The molecule has 0 amide bonds. The van der Waals surface area contributed by atoms with Crippen LogP contribution < -0.4 is 4.74 Å². The Labute approximate surface area is 112 Å². The molecule has 0 atom stereocenters. The van der Waals surface area contributed by atoms with Crippen molar-refractivity contribution < 1.29 is 14.3 Å². The summed E-state index contributed by atoms with van der Waals surface area (Å²) in [6.45, 7) is 2.15. The molecular weight excluding hydrogens is 240 g/mol. The van der Waals surface area contributed by atoms with E-state index in [9.17, 15) is 4.79 Å². The fourth-order valence-electron chi connectivity index (χ4n) is 1.89. The quantitative estimate of drug-likeness (QED) is 0.785. The molecule has 0 aliphatic rings. The summed E-state index contributed by atoms with van der Waals surface area (Å²) in [5, 5.41) is 0. The standard InChI is InChI=1S/C16H16O3/c1-3-19-16(17)13-9-10-14(15(11-13)18-2)12-7-5-4-6-8-12/h4-11H,3H2,1-2H3. The Morgan fingerprint density at radius 3 is 2.47 bits per heavy atom. The number of ether oxygens (including phenoxy) is 2. The van der Waals surface area contributed by atoms with Crippen LogP contribution in [0, 0.1) is 0 Å². The van der Waals surface area contributed by atoms with Crippen molar-refractivity contribution in [1.82, 2.24) is 0 Å². The number of methoxy groups -OCH3 is 1. The average Bonchev–Trinajstić information content (AvgIpc) is 2.47. The van der Waals surface area contributed by atoms with Crippen molar-refractivity contribution in [3.63, 3.8) is 0 Å². The van der Waals surface area contributed by atoms with Gasteiger partial charge in [-0.1, -0.05) is 30.3 Å². The van der Waals surface area contributed by atoms with Gasteiger partial charge >= 0.3 is 5.97 Å². The van der Waals surface area contributed by atoms with Crippen LogP contribution in [0.5, 0.6) is 5.75 Å². The molecule has 0 spiro atoms. The topological polar surface area (TPSA) is 35.5 Å². The second kappa shape index (κ2) is 6.05. The van der Waals surface area contributed by atoms with Crippen molar-refractivity contribution in [1.29, 1.82) is 0 Å². The summed E-state index contributed by atoms with van der Waals surface area (Å²) in [7, 11) is 1.59. The monoisotopic (exact) mass is 256 g/mol. The van der Waals surface area contributed by atoms with Gasteiger partial charge in [0.1, 0.15) is 5.75 Å². The van der Waals surface area contributed by atoms with Gasteiger partial charge in [-0.2, -0.15) is 0 Å². The van der Waals surface area contributed by atoms with E-state index in [2.05, 4.69) is 0 Å². The predicted molar refractivity (Wildman–Crippen MR) is 74.4 cm³/mol. The van der Waals surface area contributed by atoms with Crippen molar-refractivity contribution in [3.8, 4) is 16.9 Å². The van der Waals surface area contributed by atoms with Gasteiger partial charge in [0.05, 0.1) is 19.3 Å². The molecule has 2 aromatic carbocycles. The van der Waals surface area contributed by atoms with Crippen LogP contribution in [0.1, 0.15) is 17.3 Å². The molecule has 0 unspecified atom stereocenters. The van der Waals surface area contributed by atoms with Gasteiger partial charge in [0.15, 0.2) is 0 Å². The SMILES string of the molecule is CCOC(=O)c1ccc(-c2ccccc2)c(OC)c1. The maximum Gasteiger partial charge on any atom is 0.338 e. The zero-order chi connectivity index (χ0) is 13.7. The van der Waals surface area contributed by atoms with Crippen LogP contribution in [0.2, 0.25) is 0 Å². The van der Waals surface area contributed by atoms with Crippen molar-refractivity contribution in [2.75, 3.05) is 13.7 Å². The van der Waals surface area contributed by atoms with Crippen molar-refractivity contribution in [2.45, 2.75) is 6.92 Å². The average molecular weight is 256 g/mol. The minimum absolute atomic E-state index is 0.333. The van der Waals surface area contributed by atoms with E-state index in [4.69, 9.17) is 9.47 Å². The molecule has 98 valence electrons. The molecule has 0 saturated heterocycles. The Hall–Kier alpha value is -2.29. The second-order valence-corrected chi connectivity index (χ2v) is 4.00. The first kappa shape index (κ1) is 13.1.